The predicted molar refractivity (Wildman–Crippen MR) is 149 cm³/mol. The van der Waals surface area contributed by atoms with Gasteiger partial charge in [-0.25, -0.2) is 4.98 Å². The molecule has 4 aromatic rings. The average Bonchev–Trinajstić information content (AvgIpc) is 2.94. The summed E-state index contributed by atoms with van der Waals surface area (Å²) in [5, 5.41) is 3.21. The first-order valence-corrected chi connectivity index (χ1v) is 13.2. The Morgan fingerprint density at radius 2 is 1.54 bits per heavy atom. The van der Waals surface area contributed by atoms with Crippen LogP contribution in [0.5, 0.6) is 0 Å². The van der Waals surface area contributed by atoms with E-state index in [1.165, 1.54) is 5.56 Å². The van der Waals surface area contributed by atoms with Crippen molar-refractivity contribution >= 4 is 22.8 Å². The molecule has 0 bridgehead atoms. The number of piperidine rings is 1. The van der Waals surface area contributed by atoms with Gasteiger partial charge < -0.3 is 10.2 Å². The number of nitrogens with zero attached hydrogens (tertiary/aromatic N) is 3. The van der Waals surface area contributed by atoms with E-state index in [4.69, 9.17) is 4.98 Å². The van der Waals surface area contributed by atoms with E-state index in [0.29, 0.717) is 38.3 Å². The highest BCUT2D eigenvalue weighted by molar-refractivity contribution is 5.79. The molecular formula is C31H34N4O2. The smallest absolute Gasteiger partial charge is 0.294 e. The lowest BCUT2D eigenvalue weighted by atomic mass is 9.95. The summed E-state index contributed by atoms with van der Waals surface area (Å²) in [4.78, 5) is 33.4. The Hall–Kier alpha value is -3.93. The second-order valence-corrected chi connectivity index (χ2v) is 10.00. The molecule has 5 rings (SSSR count). The van der Waals surface area contributed by atoms with Crippen molar-refractivity contribution in [3.8, 4) is 0 Å². The Bertz CT molecular complexity index is 1390. The molecule has 1 aliphatic rings. The van der Waals surface area contributed by atoms with E-state index >= 15 is 0 Å². The van der Waals surface area contributed by atoms with Gasteiger partial charge in [0, 0.05) is 25.0 Å². The van der Waals surface area contributed by atoms with Crippen LogP contribution in [0, 0.1) is 5.92 Å². The van der Waals surface area contributed by atoms with E-state index in [1.807, 2.05) is 77.4 Å². The van der Waals surface area contributed by atoms with E-state index in [-0.39, 0.29) is 23.4 Å². The highest BCUT2D eigenvalue weighted by Crippen LogP contribution is 2.23. The molecule has 1 atom stereocenters. The van der Waals surface area contributed by atoms with Crippen LogP contribution in [0.4, 0.5) is 5.82 Å². The number of aryl methyl sites for hydroxylation is 1. The average molecular weight is 495 g/mol. The van der Waals surface area contributed by atoms with Gasteiger partial charge in [0.15, 0.2) is 5.82 Å². The standard InChI is InChI=1S/C31H34N4O2/c1-23(16-17-24-10-4-2-5-11-24)32-30(36)26-18-20-34(21-19-26)29-31(37)35(22-25-12-6-3-7-13-25)28-15-9-8-14-27(28)33-29/h2-15,23,26H,16-22H2,1H3,(H,32,36)/t23-/m1/s1. The van der Waals surface area contributed by atoms with Crippen LogP contribution in [0.1, 0.15) is 37.3 Å². The maximum atomic E-state index is 13.6. The number of carbonyl (C=O) groups excluding carboxylic acids is 1. The lowest BCUT2D eigenvalue weighted by molar-refractivity contribution is -0.126. The summed E-state index contributed by atoms with van der Waals surface area (Å²) in [6.07, 6.45) is 3.29. The highest BCUT2D eigenvalue weighted by Gasteiger charge is 2.28. The van der Waals surface area contributed by atoms with Crippen LogP contribution in [0.15, 0.2) is 89.7 Å². The summed E-state index contributed by atoms with van der Waals surface area (Å²) >= 11 is 0. The normalized spacial score (nSPS) is 15.0. The van der Waals surface area contributed by atoms with Crippen LogP contribution in [0.25, 0.3) is 11.0 Å². The molecule has 0 saturated carbocycles. The zero-order chi connectivity index (χ0) is 25.6. The molecule has 6 heteroatoms. The zero-order valence-electron chi connectivity index (χ0n) is 21.3. The third-order valence-electron chi connectivity index (χ3n) is 7.28. The van der Waals surface area contributed by atoms with Crippen LogP contribution in [-0.2, 0) is 17.8 Å². The molecule has 1 fully saturated rings. The number of nitrogens with one attached hydrogen (secondary N) is 1. The summed E-state index contributed by atoms with van der Waals surface area (Å²) in [6, 6.07) is 28.3. The topological polar surface area (TPSA) is 67.2 Å². The number of hydrogen-bond acceptors (Lipinski definition) is 4. The van der Waals surface area contributed by atoms with Gasteiger partial charge in [0.1, 0.15) is 0 Å². The number of hydrogen-bond donors (Lipinski definition) is 1. The van der Waals surface area contributed by atoms with Crippen molar-refractivity contribution < 1.29 is 4.79 Å². The van der Waals surface area contributed by atoms with Crippen LogP contribution in [0.3, 0.4) is 0 Å². The minimum atomic E-state index is -0.0833. The van der Waals surface area contributed by atoms with Gasteiger partial charge in [0.05, 0.1) is 17.6 Å². The zero-order valence-corrected chi connectivity index (χ0v) is 21.3. The van der Waals surface area contributed by atoms with Crippen molar-refractivity contribution in [3.63, 3.8) is 0 Å². The molecule has 0 aliphatic carbocycles. The molecule has 190 valence electrons. The van der Waals surface area contributed by atoms with Gasteiger partial charge >= 0.3 is 0 Å². The van der Waals surface area contributed by atoms with Crippen LogP contribution in [-0.4, -0.2) is 34.6 Å². The number of rotatable bonds is 8. The first-order chi connectivity index (χ1) is 18.1. The Labute approximate surface area is 218 Å². The fraction of sp³-hybridized carbons (Fsp3) is 0.323. The molecule has 6 nitrogen and oxygen atoms in total. The molecule has 1 saturated heterocycles. The minimum Gasteiger partial charge on any atom is -0.353 e. The van der Waals surface area contributed by atoms with Gasteiger partial charge in [-0.1, -0.05) is 72.8 Å². The second kappa shape index (κ2) is 11.4. The molecule has 1 aliphatic heterocycles. The quantitative estimate of drug-likeness (QED) is 0.382. The Kier molecular flexibility index (Phi) is 7.64. The van der Waals surface area contributed by atoms with Gasteiger partial charge in [-0.15, -0.1) is 0 Å². The highest BCUT2D eigenvalue weighted by atomic mass is 16.2. The summed E-state index contributed by atoms with van der Waals surface area (Å²) in [5.41, 5.74) is 3.92. The number of amides is 1. The Morgan fingerprint density at radius 3 is 2.24 bits per heavy atom. The third kappa shape index (κ3) is 5.91. The Morgan fingerprint density at radius 1 is 0.919 bits per heavy atom. The van der Waals surface area contributed by atoms with E-state index < -0.39 is 0 Å². The number of benzene rings is 3. The van der Waals surface area contributed by atoms with Gasteiger partial charge in [-0.2, -0.15) is 0 Å². The molecule has 2 heterocycles. The fourth-order valence-electron chi connectivity index (χ4n) is 5.12. The van der Waals surface area contributed by atoms with E-state index in [9.17, 15) is 9.59 Å². The lowest BCUT2D eigenvalue weighted by Gasteiger charge is -2.32. The van der Waals surface area contributed by atoms with Gasteiger partial charge in [-0.05, 0) is 55.9 Å². The summed E-state index contributed by atoms with van der Waals surface area (Å²) in [6.45, 7) is 3.85. The number of aromatic nitrogens is 2. The maximum Gasteiger partial charge on any atom is 0.294 e. The molecule has 0 spiro atoms. The molecule has 1 aromatic heterocycles. The number of para-hydroxylation sites is 2. The first kappa shape index (κ1) is 24.8. The number of carbonyl (C=O) groups is 1. The van der Waals surface area contributed by atoms with Crippen molar-refractivity contribution in [3.05, 3.63) is 106 Å². The molecule has 37 heavy (non-hydrogen) atoms. The summed E-state index contributed by atoms with van der Waals surface area (Å²) in [5.74, 6) is 0.556. The van der Waals surface area contributed by atoms with Crippen molar-refractivity contribution in [2.24, 2.45) is 5.92 Å². The van der Waals surface area contributed by atoms with E-state index in [1.54, 1.807) is 0 Å². The van der Waals surface area contributed by atoms with E-state index in [2.05, 4.69) is 29.3 Å². The van der Waals surface area contributed by atoms with Crippen LogP contribution in [0.2, 0.25) is 0 Å². The number of fused-ring (bicyclic) bond motifs is 1. The summed E-state index contributed by atoms with van der Waals surface area (Å²) in [7, 11) is 0. The van der Waals surface area contributed by atoms with Crippen molar-refractivity contribution in [2.45, 2.75) is 45.2 Å². The Balaban J connectivity index is 1.25. The molecule has 1 amide bonds. The molecule has 1 N–H and O–H groups in total. The van der Waals surface area contributed by atoms with Crippen molar-refractivity contribution in [2.75, 3.05) is 18.0 Å². The predicted octanol–water partition coefficient (Wildman–Crippen LogP) is 4.80. The summed E-state index contributed by atoms with van der Waals surface area (Å²) < 4.78 is 1.82. The number of anilines is 1. The van der Waals surface area contributed by atoms with E-state index in [0.717, 1.165) is 29.4 Å². The minimum absolute atomic E-state index is 0.0394. The third-order valence-corrected chi connectivity index (χ3v) is 7.28. The SMILES string of the molecule is C[C@H](CCc1ccccc1)NC(=O)C1CCN(c2nc3ccccc3n(Cc3ccccc3)c2=O)CC1. The van der Waals surface area contributed by atoms with Gasteiger partial charge in [-0.3, -0.25) is 14.2 Å². The molecular weight excluding hydrogens is 460 g/mol. The van der Waals surface area contributed by atoms with Crippen molar-refractivity contribution in [1.82, 2.24) is 14.9 Å². The van der Waals surface area contributed by atoms with Crippen LogP contribution < -0.4 is 15.8 Å². The largest absolute Gasteiger partial charge is 0.353 e. The lowest BCUT2D eigenvalue weighted by Crippen LogP contribution is -2.45. The van der Waals surface area contributed by atoms with Crippen LogP contribution >= 0.6 is 0 Å². The second-order valence-electron chi connectivity index (χ2n) is 10.00. The fourth-order valence-corrected chi connectivity index (χ4v) is 5.12. The molecule has 0 radical (unpaired) electrons. The van der Waals surface area contributed by atoms with Crippen molar-refractivity contribution in [1.29, 1.82) is 0 Å². The van der Waals surface area contributed by atoms with Gasteiger partial charge in [0.2, 0.25) is 5.91 Å². The monoisotopic (exact) mass is 494 g/mol. The molecule has 0 unspecified atom stereocenters. The molecule has 3 aromatic carbocycles. The van der Waals surface area contributed by atoms with Gasteiger partial charge in [0.25, 0.3) is 5.56 Å². The maximum absolute atomic E-state index is 13.6. The first-order valence-electron chi connectivity index (χ1n) is 13.2.